The third-order valence-corrected chi connectivity index (χ3v) is 2.98. The molecule has 1 aromatic rings. The zero-order chi connectivity index (χ0) is 12.3. The van der Waals surface area contributed by atoms with Crippen molar-refractivity contribution in [3.63, 3.8) is 0 Å². The van der Waals surface area contributed by atoms with Gasteiger partial charge in [0.05, 0.1) is 5.56 Å². The van der Waals surface area contributed by atoms with E-state index in [4.69, 9.17) is 4.74 Å². The summed E-state index contributed by atoms with van der Waals surface area (Å²) in [7, 11) is 0. The standard InChI is InChI=1S/C14H16O3/c1-10-7-12(15)9-13(8-10)17-14(16)11-5-3-2-4-6-11/h2-6,10,13H,7-9H2,1H3/t10-,13+/m1/s1. The highest BCUT2D eigenvalue weighted by Crippen LogP contribution is 2.24. The molecule has 1 aromatic carbocycles. The van der Waals surface area contributed by atoms with Crippen molar-refractivity contribution in [3.05, 3.63) is 35.9 Å². The van der Waals surface area contributed by atoms with Gasteiger partial charge in [0.2, 0.25) is 0 Å². The summed E-state index contributed by atoms with van der Waals surface area (Å²) in [5.41, 5.74) is 0.540. The molecule has 3 nitrogen and oxygen atoms in total. The van der Waals surface area contributed by atoms with Crippen molar-refractivity contribution < 1.29 is 14.3 Å². The lowest BCUT2D eigenvalue weighted by Gasteiger charge is -2.25. The molecule has 1 fully saturated rings. The molecule has 0 N–H and O–H groups in total. The number of carbonyl (C=O) groups is 2. The zero-order valence-electron chi connectivity index (χ0n) is 9.89. The van der Waals surface area contributed by atoms with E-state index < -0.39 is 0 Å². The first-order valence-corrected chi connectivity index (χ1v) is 5.93. The molecule has 2 atom stereocenters. The minimum Gasteiger partial charge on any atom is -0.458 e. The fourth-order valence-corrected chi connectivity index (χ4v) is 2.22. The van der Waals surface area contributed by atoms with E-state index >= 15 is 0 Å². The second-order valence-corrected chi connectivity index (χ2v) is 4.68. The Hall–Kier alpha value is -1.64. The molecule has 0 radical (unpaired) electrons. The molecule has 17 heavy (non-hydrogen) atoms. The van der Waals surface area contributed by atoms with Gasteiger partial charge in [-0.25, -0.2) is 4.79 Å². The maximum atomic E-state index is 11.8. The molecule has 1 saturated carbocycles. The molecule has 0 unspecified atom stereocenters. The average Bonchev–Trinajstić information content (AvgIpc) is 2.28. The van der Waals surface area contributed by atoms with Crippen molar-refractivity contribution in [1.29, 1.82) is 0 Å². The highest BCUT2D eigenvalue weighted by molar-refractivity contribution is 5.89. The van der Waals surface area contributed by atoms with Crippen LogP contribution in [0.25, 0.3) is 0 Å². The Balaban J connectivity index is 1.97. The SMILES string of the molecule is C[C@@H]1CC(=O)C[C@@H](OC(=O)c2ccccc2)C1. The van der Waals surface area contributed by atoms with Crippen LogP contribution in [0, 0.1) is 5.92 Å². The molecule has 0 heterocycles. The van der Waals surface area contributed by atoms with Gasteiger partial charge in [-0.15, -0.1) is 0 Å². The van der Waals surface area contributed by atoms with Gasteiger partial charge in [-0.1, -0.05) is 25.1 Å². The van der Waals surface area contributed by atoms with E-state index in [9.17, 15) is 9.59 Å². The molecule has 0 amide bonds. The first-order chi connectivity index (χ1) is 8.15. The lowest BCUT2D eigenvalue weighted by atomic mass is 9.88. The molecule has 1 aliphatic rings. The number of Topliss-reactive ketones (excluding diaryl/α,β-unsaturated/α-hetero) is 1. The lowest BCUT2D eigenvalue weighted by Crippen LogP contribution is -2.29. The molecule has 90 valence electrons. The number of hydrogen-bond donors (Lipinski definition) is 0. The molecule has 0 aliphatic heterocycles. The van der Waals surface area contributed by atoms with Crippen LogP contribution in [0.15, 0.2) is 30.3 Å². The Kier molecular flexibility index (Phi) is 3.57. The van der Waals surface area contributed by atoms with E-state index in [0.29, 0.717) is 24.3 Å². The number of benzene rings is 1. The minimum absolute atomic E-state index is 0.189. The van der Waals surface area contributed by atoms with Crippen molar-refractivity contribution in [2.75, 3.05) is 0 Å². The second-order valence-electron chi connectivity index (χ2n) is 4.68. The van der Waals surface area contributed by atoms with Crippen LogP contribution in [-0.4, -0.2) is 17.9 Å². The lowest BCUT2D eigenvalue weighted by molar-refractivity contribution is -0.124. The van der Waals surface area contributed by atoms with Crippen LogP contribution in [0.2, 0.25) is 0 Å². The van der Waals surface area contributed by atoms with Crippen LogP contribution in [0.5, 0.6) is 0 Å². The number of hydrogen-bond acceptors (Lipinski definition) is 3. The van der Waals surface area contributed by atoms with Gasteiger partial charge in [0, 0.05) is 12.8 Å². The molecule has 0 aromatic heterocycles. The minimum atomic E-state index is -0.336. The maximum Gasteiger partial charge on any atom is 0.338 e. The third kappa shape index (κ3) is 3.16. The van der Waals surface area contributed by atoms with Crippen molar-refractivity contribution in [1.82, 2.24) is 0 Å². The summed E-state index contributed by atoms with van der Waals surface area (Å²) in [5.74, 6) is 0.164. The predicted molar refractivity (Wildman–Crippen MR) is 63.7 cm³/mol. The molecular formula is C14H16O3. The van der Waals surface area contributed by atoms with Gasteiger partial charge in [0.25, 0.3) is 0 Å². The first kappa shape index (κ1) is 11.8. The van der Waals surface area contributed by atoms with E-state index in [0.717, 1.165) is 6.42 Å². The average molecular weight is 232 g/mol. The van der Waals surface area contributed by atoms with Crippen LogP contribution < -0.4 is 0 Å². The van der Waals surface area contributed by atoms with Crippen molar-refractivity contribution in [2.24, 2.45) is 5.92 Å². The molecular weight excluding hydrogens is 216 g/mol. The van der Waals surface area contributed by atoms with Gasteiger partial charge in [-0.05, 0) is 24.5 Å². The Morgan fingerprint density at radius 2 is 1.94 bits per heavy atom. The molecule has 3 heteroatoms. The molecule has 0 spiro atoms. The summed E-state index contributed by atoms with van der Waals surface area (Å²) in [6, 6.07) is 8.88. The Morgan fingerprint density at radius 3 is 2.59 bits per heavy atom. The number of carbonyl (C=O) groups excluding carboxylic acids is 2. The quantitative estimate of drug-likeness (QED) is 0.736. The van der Waals surface area contributed by atoms with E-state index in [2.05, 4.69) is 0 Å². The van der Waals surface area contributed by atoms with Crippen LogP contribution in [0.3, 0.4) is 0 Å². The second kappa shape index (κ2) is 5.13. The largest absolute Gasteiger partial charge is 0.458 e. The van der Waals surface area contributed by atoms with Gasteiger partial charge in [-0.3, -0.25) is 4.79 Å². The Morgan fingerprint density at radius 1 is 1.24 bits per heavy atom. The smallest absolute Gasteiger partial charge is 0.338 e. The maximum absolute atomic E-state index is 11.8. The van der Waals surface area contributed by atoms with E-state index in [-0.39, 0.29) is 17.9 Å². The molecule has 1 aliphatic carbocycles. The first-order valence-electron chi connectivity index (χ1n) is 5.93. The number of rotatable bonds is 2. The van der Waals surface area contributed by atoms with Gasteiger partial charge in [-0.2, -0.15) is 0 Å². The highest BCUT2D eigenvalue weighted by atomic mass is 16.5. The van der Waals surface area contributed by atoms with Gasteiger partial charge in [0.15, 0.2) is 0 Å². The van der Waals surface area contributed by atoms with E-state index in [1.54, 1.807) is 24.3 Å². The molecule has 0 bridgehead atoms. The van der Waals surface area contributed by atoms with Crippen molar-refractivity contribution in [3.8, 4) is 0 Å². The number of ketones is 1. The van der Waals surface area contributed by atoms with Crippen LogP contribution in [0.4, 0.5) is 0 Å². The normalized spacial score (nSPS) is 24.4. The fraction of sp³-hybridized carbons (Fsp3) is 0.429. The summed E-state index contributed by atoms with van der Waals surface area (Å²) in [5, 5.41) is 0. The van der Waals surface area contributed by atoms with E-state index in [1.165, 1.54) is 0 Å². The Bertz CT molecular complexity index is 411. The summed E-state index contributed by atoms with van der Waals surface area (Å²) in [4.78, 5) is 23.2. The Labute approximate surface area is 101 Å². The topological polar surface area (TPSA) is 43.4 Å². The molecule has 2 rings (SSSR count). The summed E-state index contributed by atoms with van der Waals surface area (Å²) < 4.78 is 5.36. The number of ether oxygens (including phenoxy) is 1. The molecule has 0 saturated heterocycles. The van der Waals surface area contributed by atoms with Gasteiger partial charge < -0.3 is 4.74 Å². The fourth-order valence-electron chi connectivity index (χ4n) is 2.22. The monoisotopic (exact) mass is 232 g/mol. The van der Waals surface area contributed by atoms with Crippen LogP contribution in [0.1, 0.15) is 36.5 Å². The summed E-state index contributed by atoms with van der Waals surface area (Å²) in [6.45, 7) is 2.01. The van der Waals surface area contributed by atoms with Crippen LogP contribution in [-0.2, 0) is 9.53 Å². The highest BCUT2D eigenvalue weighted by Gasteiger charge is 2.27. The van der Waals surface area contributed by atoms with Gasteiger partial charge in [0.1, 0.15) is 11.9 Å². The summed E-state index contributed by atoms with van der Waals surface area (Å²) >= 11 is 0. The predicted octanol–water partition coefficient (Wildman–Crippen LogP) is 2.60. The number of esters is 1. The summed E-state index contributed by atoms with van der Waals surface area (Å²) in [6.07, 6.45) is 1.51. The van der Waals surface area contributed by atoms with E-state index in [1.807, 2.05) is 13.0 Å². The zero-order valence-corrected chi connectivity index (χ0v) is 9.89. The van der Waals surface area contributed by atoms with Crippen molar-refractivity contribution in [2.45, 2.75) is 32.3 Å². The van der Waals surface area contributed by atoms with Crippen molar-refractivity contribution >= 4 is 11.8 Å². The third-order valence-electron chi connectivity index (χ3n) is 2.98. The van der Waals surface area contributed by atoms with Crippen LogP contribution >= 0.6 is 0 Å². The van der Waals surface area contributed by atoms with Gasteiger partial charge >= 0.3 is 5.97 Å².